The maximum Gasteiger partial charge on any atom is 0.0646 e. The minimum atomic E-state index is -0.357. The van der Waals surface area contributed by atoms with Crippen LogP contribution in [0.25, 0.3) is 0 Å². The van der Waals surface area contributed by atoms with Crippen molar-refractivity contribution in [2.45, 2.75) is 52.1 Å². The van der Waals surface area contributed by atoms with Crippen molar-refractivity contribution in [3.8, 4) is 0 Å². The largest absolute Gasteiger partial charge is 0.392 e. The van der Waals surface area contributed by atoms with Gasteiger partial charge in [-0.3, -0.25) is 0 Å². The summed E-state index contributed by atoms with van der Waals surface area (Å²) < 4.78 is 0. The van der Waals surface area contributed by atoms with E-state index in [0.29, 0.717) is 12.5 Å². The Morgan fingerprint density at radius 3 is 1.94 bits per heavy atom. The Morgan fingerprint density at radius 1 is 1.06 bits per heavy atom. The Bertz CT molecular complexity index is 345. The van der Waals surface area contributed by atoms with Crippen LogP contribution in [0.4, 0.5) is 0 Å². The van der Waals surface area contributed by atoms with Crippen molar-refractivity contribution in [3.63, 3.8) is 0 Å². The first kappa shape index (κ1) is 15.2. The summed E-state index contributed by atoms with van der Waals surface area (Å²) in [7, 11) is 0. The number of benzene rings is 1. The lowest BCUT2D eigenvalue weighted by atomic mass is 9.85. The van der Waals surface area contributed by atoms with Crippen LogP contribution in [0.3, 0.4) is 0 Å². The van der Waals surface area contributed by atoms with Crippen LogP contribution in [0.15, 0.2) is 24.3 Å². The number of hydrogen-bond acceptors (Lipinski definition) is 2. The minimum Gasteiger partial charge on any atom is -0.392 e. The highest BCUT2D eigenvalue weighted by atomic mass is 16.3. The molecular formula is C16H27NO. The van der Waals surface area contributed by atoms with Crippen molar-refractivity contribution in [1.29, 1.82) is 0 Å². The molecule has 1 aromatic carbocycles. The van der Waals surface area contributed by atoms with E-state index in [1.807, 2.05) is 0 Å². The topological polar surface area (TPSA) is 46.2 Å². The van der Waals surface area contributed by atoms with Crippen molar-refractivity contribution in [1.82, 2.24) is 0 Å². The number of aliphatic hydroxyl groups excluding tert-OH is 1. The molecule has 0 aromatic heterocycles. The summed E-state index contributed by atoms with van der Waals surface area (Å²) in [4.78, 5) is 0. The van der Waals surface area contributed by atoms with E-state index in [-0.39, 0.29) is 17.9 Å². The molecule has 3 N–H and O–H groups in total. The van der Waals surface area contributed by atoms with Crippen LogP contribution in [-0.4, -0.2) is 17.8 Å². The van der Waals surface area contributed by atoms with Gasteiger partial charge >= 0.3 is 0 Å². The molecule has 18 heavy (non-hydrogen) atoms. The molecule has 0 fully saturated rings. The number of hydrogen-bond donors (Lipinski definition) is 2. The molecule has 1 aromatic rings. The highest BCUT2D eigenvalue weighted by Crippen LogP contribution is 2.26. The summed E-state index contributed by atoms with van der Waals surface area (Å²) in [5, 5.41) is 10.3. The average Bonchev–Trinajstić information content (AvgIpc) is 2.39. The third-order valence-electron chi connectivity index (χ3n) is 3.92. The predicted octanol–water partition coefficient (Wildman–Crippen LogP) is 3.26. The first-order valence-electron chi connectivity index (χ1n) is 6.99. The van der Waals surface area contributed by atoms with E-state index in [4.69, 9.17) is 5.73 Å². The van der Waals surface area contributed by atoms with Gasteiger partial charge in [0, 0.05) is 12.5 Å². The van der Waals surface area contributed by atoms with Gasteiger partial charge in [0.25, 0.3) is 0 Å². The molecule has 0 amide bonds. The molecule has 0 saturated carbocycles. The van der Waals surface area contributed by atoms with Gasteiger partial charge in [-0.2, -0.15) is 0 Å². The van der Waals surface area contributed by atoms with Gasteiger partial charge in [0.15, 0.2) is 0 Å². The van der Waals surface area contributed by atoms with Crippen molar-refractivity contribution < 1.29 is 5.11 Å². The molecule has 0 aliphatic rings. The van der Waals surface area contributed by atoms with E-state index >= 15 is 0 Å². The SMILES string of the molecule is CCC(C)C(O)C(CN)c1ccc(C(C)C)cc1. The quantitative estimate of drug-likeness (QED) is 0.813. The number of aliphatic hydroxyl groups is 1. The van der Waals surface area contributed by atoms with E-state index in [1.54, 1.807) is 0 Å². The van der Waals surface area contributed by atoms with Crippen LogP contribution in [0, 0.1) is 5.92 Å². The molecule has 2 heteroatoms. The van der Waals surface area contributed by atoms with E-state index in [0.717, 1.165) is 12.0 Å². The summed E-state index contributed by atoms with van der Waals surface area (Å²) in [5.41, 5.74) is 8.31. The molecule has 2 nitrogen and oxygen atoms in total. The Kier molecular flexibility index (Phi) is 5.83. The molecule has 0 saturated heterocycles. The van der Waals surface area contributed by atoms with Gasteiger partial charge in [0.1, 0.15) is 0 Å². The number of rotatable bonds is 6. The van der Waals surface area contributed by atoms with Crippen molar-refractivity contribution in [3.05, 3.63) is 35.4 Å². The van der Waals surface area contributed by atoms with Gasteiger partial charge in [-0.15, -0.1) is 0 Å². The summed E-state index contributed by atoms with van der Waals surface area (Å²) in [6.45, 7) is 9.04. The molecule has 0 radical (unpaired) electrons. The fourth-order valence-electron chi connectivity index (χ4n) is 2.24. The smallest absolute Gasteiger partial charge is 0.0646 e. The zero-order valence-corrected chi connectivity index (χ0v) is 12.1. The number of nitrogens with two attached hydrogens (primary N) is 1. The lowest BCUT2D eigenvalue weighted by Crippen LogP contribution is -2.31. The maximum atomic E-state index is 10.3. The second-order valence-electron chi connectivity index (χ2n) is 5.54. The van der Waals surface area contributed by atoms with E-state index < -0.39 is 0 Å². The summed E-state index contributed by atoms with van der Waals surface area (Å²) >= 11 is 0. The molecular weight excluding hydrogens is 222 g/mol. The van der Waals surface area contributed by atoms with Gasteiger partial charge in [-0.1, -0.05) is 58.4 Å². The Balaban J connectivity index is 2.88. The van der Waals surface area contributed by atoms with Crippen molar-refractivity contribution >= 4 is 0 Å². The highest BCUT2D eigenvalue weighted by Gasteiger charge is 2.24. The zero-order chi connectivity index (χ0) is 13.7. The summed E-state index contributed by atoms with van der Waals surface area (Å²) in [6, 6.07) is 8.51. The van der Waals surface area contributed by atoms with Crippen LogP contribution >= 0.6 is 0 Å². The molecule has 0 heterocycles. The monoisotopic (exact) mass is 249 g/mol. The van der Waals surface area contributed by atoms with Gasteiger partial charge in [-0.25, -0.2) is 0 Å². The molecule has 3 atom stereocenters. The van der Waals surface area contributed by atoms with Gasteiger partial charge < -0.3 is 10.8 Å². The van der Waals surface area contributed by atoms with Crippen LogP contribution < -0.4 is 5.73 Å². The summed E-state index contributed by atoms with van der Waals surface area (Å²) in [5.74, 6) is 0.861. The van der Waals surface area contributed by atoms with Crippen LogP contribution in [0.5, 0.6) is 0 Å². The normalized spacial score (nSPS) is 16.6. The molecule has 0 spiro atoms. The summed E-state index contributed by atoms with van der Waals surface area (Å²) in [6.07, 6.45) is 0.617. The molecule has 1 rings (SSSR count). The van der Waals surface area contributed by atoms with Gasteiger partial charge in [0.2, 0.25) is 0 Å². The van der Waals surface area contributed by atoms with Gasteiger partial charge in [0.05, 0.1) is 6.10 Å². The first-order valence-corrected chi connectivity index (χ1v) is 6.99. The molecule has 0 bridgehead atoms. The average molecular weight is 249 g/mol. The predicted molar refractivity (Wildman–Crippen MR) is 77.8 cm³/mol. The van der Waals surface area contributed by atoms with Gasteiger partial charge in [-0.05, 0) is 23.0 Å². The fourth-order valence-corrected chi connectivity index (χ4v) is 2.24. The lowest BCUT2D eigenvalue weighted by Gasteiger charge is -2.26. The third kappa shape index (κ3) is 3.56. The second kappa shape index (κ2) is 6.91. The molecule has 102 valence electrons. The first-order chi connectivity index (χ1) is 8.51. The highest BCUT2D eigenvalue weighted by molar-refractivity contribution is 5.28. The van der Waals surface area contributed by atoms with Crippen molar-refractivity contribution in [2.75, 3.05) is 6.54 Å². The Hall–Kier alpha value is -0.860. The van der Waals surface area contributed by atoms with Crippen molar-refractivity contribution in [2.24, 2.45) is 11.7 Å². The Morgan fingerprint density at radius 2 is 1.56 bits per heavy atom. The molecule has 0 aliphatic carbocycles. The zero-order valence-electron chi connectivity index (χ0n) is 12.1. The van der Waals surface area contributed by atoms with Crippen LogP contribution in [-0.2, 0) is 0 Å². The second-order valence-corrected chi connectivity index (χ2v) is 5.54. The van der Waals surface area contributed by atoms with Crippen LogP contribution in [0.2, 0.25) is 0 Å². The fraction of sp³-hybridized carbons (Fsp3) is 0.625. The molecule has 0 aliphatic heterocycles. The van der Waals surface area contributed by atoms with E-state index in [1.165, 1.54) is 5.56 Å². The van der Waals surface area contributed by atoms with E-state index in [2.05, 4.69) is 52.0 Å². The minimum absolute atomic E-state index is 0.0427. The van der Waals surface area contributed by atoms with E-state index in [9.17, 15) is 5.11 Å². The molecule has 3 unspecified atom stereocenters. The van der Waals surface area contributed by atoms with Crippen LogP contribution in [0.1, 0.15) is 57.1 Å². The maximum absolute atomic E-state index is 10.3. The lowest BCUT2D eigenvalue weighted by molar-refractivity contribution is 0.0886. The third-order valence-corrected chi connectivity index (χ3v) is 3.92. The standard InChI is InChI=1S/C16H27NO/c1-5-12(4)16(18)15(10-17)14-8-6-13(7-9-14)11(2)3/h6-9,11-12,15-16,18H,5,10,17H2,1-4H3. The Labute approximate surface area is 111 Å².